The molecule has 0 saturated carbocycles. The predicted molar refractivity (Wildman–Crippen MR) is 77.6 cm³/mol. The van der Waals surface area contributed by atoms with Crippen molar-refractivity contribution in [2.45, 2.75) is 66.5 Å². The molecular weight excluding hydrogens is 222 g/mol. The third-order valence-corrected chi connectivity index (χ3v) is 3.20. The van der Waals surface area contributed by atoms with Crippen molar-refractivity contribution in [1.29, 1.82) is 0 Å². The van der Waals surface area contributed by atoms with Crippen LogP contribution in [0.1, 0.15) is 65.5 Å². The average molecular weight is 251 g/mol. The molecule has 104 valence electrons. The topological polar surface area (TPSA) is 29.9 Å². The molecule has 0 saturated heterocycles. The maximum absolute atomic E-state index is 4.47. The summed E-state index contributed by atoms with van der Waals surface area (Å²) in [5, 5.41) is 8.04. The van der Waals surface area contributed by atoms with Crippen molar-refractivity contribution in [3.05, 3.63) is 18.0 Å². The van der Waals surface area contributed by atoms with Crippen LogP contribution in [0.3, 0.4) is 0 Å². The van der Waals surface area contributed by atoms with E-state index in [4.69, 9.17) is 0 Å². The number of hydrogen-bond acceptors (Lipinski definition) is 2. The normalized spacial score (nSPS) is 13.8. The molecule has 0 aliphatic heterocycles. The van der Waals surface area contributed by atoms with E-state index in [1.54, 1.807) is 0 Å². The molecule has 1 rings (SSSR count). The van der Waals surface area contributed by atoms with Gasteiger partial charge in [-0.1, -0.05) is 34.6 Å². The van der Waals surface area contributed by atoms with Crippen molar-refractivity contribution in [3.8, 4) is 0 Å². The van der Waals surface area contributed by atoms with Crippen LogP contribution in [0.25, 0.3) is 0 Å². The molecule has 0 amide bonds. The Morgan fingerprint density at radius 1 is 1.33 bits per heavy atom. The minimum Gasteiger partial charge on any atom is -0.310 e. The lowest BCUT2D eigenvalue weighted by molar-refractivity contribution is 0.341. The first-order valence-electron chi connectivity index (χ1n) is 7.22. The van der Waals surface area contributed by atoms with Gasteiger partial charge in [-0.15, -0.1) is 0 Å². The van der Waals surface area contributed by atoms with E-state index in [1.165, 1.54) is 12.0 Å². The molecule has 0 bridgehead atoms. The molecule has 0 aromatic carbocycles. The summed E-state index contributed by atoms with van der Waals surface area (Å²) in [6.45, 7) is 13.3. The van der Waals surface area contributed by atoms with E-state index in [0.717, 1.165) is 25.9 Å². The van der Waals surface area contributed by atoms with E-state index in [9.17, 15) is 0 Å². The highest BCUT2D eigenvalue weighted by molar-refractivity contribution is 5.10. The first-order chi connectivity index (χ1) is 8.46. The second kappa shape index (κ2) is 6.93. The van der Waals surface area contributed by atoms with Crippen LogP contribution in [0.15, 0.2) is 12.4 Å². The zero-order chi connectivity index (χ0) is 13.6. The average Bonchev–Trinajstić information content (AvgIpc) is 2.75. The lowest BCUT2D eigenvalue weighted by Gasteiger charge is -2.17. The second-order valence-corrected chi connectivity index (χ2v) is 6.26. The summed E-state index contributed by atoms with van der Waals surface area (Å²) in [4.78, 5) is 0. The molecule has 1 atom stereocenters. The Labute approximate surface area is 112 Å². The van der Waals surface area contributed by atoms with Gasteiger partial charge in [0.15, 0.2) is 0 Å². The van der Waals surface area contributed by atoms with E-state index >= 15 is 0 Å². The van der Waals surface area contributed by atoms with Crippen molar-refractivity contribution in [3.63, 3.8) is 0 Å². The molecular formula is C15H29N3. The number of rotatable bonds is 7. The van der Waals surface area contributed by atoms with E-state index in [2.05, 4.69) is 55.9 Å². The quantitative estimate of drug-likeness (QED) is 0.799. The van der Waals surface area contributed by atoms with Crippen molar-refractivity contribution in [2.75, 3.05) is 6.54 Å². The lowest BCUT2D eigenvalue weighted by atomic mass is 9.92. The van der Waals surface area contributed by atoms with E-state index < -0.39 is 0 Å². The van der Waals surface area contributed by atoms with Gasteiger partial charge < -0.3 is 5.32 Å². The van der Waals surface area contributed by atoms with Gasteiger partial charge in [0.05, 0.1) is 6.20 Å². The fourth-order valence-electron chi connectivity index (χ4n) is 1.95. The highest BCUT2D eigenvalue weighted by atomic mass is 15.3. The van der Waals surface area contributed by atoms with Gasteiger partial charge in [-0.25, -0.2) is 0 Å². The molecule has 18 heavy (non-hydrogen) atoms. The lowest BCUT2D eigenvalue weighted by Crippen LogP contribution is -2.21. The maximum atomic E-state index is 4.47. The molecule has 3 nitrogen and oxygen atoms in total. The Hall–Kier alpha value is -0.830. The van der Waals surface area contributed by atoms with E-state index in [1.807, 2.05) is 6.20 Å². The second-order valence-electron chi connectivity index (χ2n) is 6.26. The molecule has 1 heterocycles. The zero-order valence-electron chi connectivity index (χ0n) is 12.7. The number of nitrogens with one attached hydrogen (secondary N) is 1. The van der Waals surface area contributed by atoms with Crippen LogP contribution in [0.4, 0.5) is 0 Å². The van der Waals surface area contributed by atoms with Gasteiger partial charge in [-0.3, -0.25) is 4.68 Å². The highest BCUT2D eigenvalue weighted by Crippen LogP contribution is 2.20. The van der Waals surface area contributed by atoms with E-state index in [-0.39, 0.29) is 0 Å². The molecule has 1 aromatic heterocycles. The Morgan fingerprint density at radius 2 is 2.06 bits per heavy atom. The van der Waals surface area contributed by atoms with Crippen molar-refractivity contribution < 1.29 is 0 Å². The minimum atomic E-state index is 0.372. The Kier molecular flexibility index (Phi) is 5.86. The van der Waals surface area contributed by atoms with E-state index in [0.29, 0.717) is 11.5 Å². The van der Waals surface area contributed by atoms with Gasteiger partial charge in [0, 0.05) is 24.3 Å². The Morgan fingerprint density at radius 3 is 2.61 bits per heavy atom. The largest absolute Gasteiger partial charge is 0.310 e. The van der Waals surface area contributed by atoms with Gasteiger partial charge in [-0.05, 0) is 31.2 Å². The molecule has 1 aromatic rings. The summed E-state index contributed by atoms with van der Waals surface area (Å²) in [5.41, 5.74) is 1.69. The van der Waals surface area contributed by atoms with Crippen molar-refractivity contribution in [1.82, 2.24) is 15.1 Å². The van der Waals surface area contributed by atoms with Crippen molar-refractivity contribution in [2.24, 2.45) is 5.41 Å². The highest BCUT2D eigenvalue weighted by Gasteiger charge is 2.13. The first kappa shape index (κ1) is 15.2. The molecule has 0 aliphatic carbocycles. The number of aromatic nitrogens is 2. The summed E-state index contributed by atoms with van der Waals surface area (Å²) in [5.74, 6) is 0. The predicted octanol–water partition coefficient (Wildman–Crippen LogP) is 3.77. The molecule has 0 spiro atoms. The summed E-state index contributed by atoms with van der Waals surface area (Å²) < 4.78 is 2.08. The minimum absolute atomic E-state index is 0.372. The zero-order valence-corrected chi connectivity index (χ0v) is 12.7. The van der Waals surface area contributed by atoms with Gasteiger partial charge in [0.2, 0.25) is 0 Å². The third-order valence-electron chi connectivity index (χ3n) is 3.20. The van der Waals surface area contributed by atoms with Crippen LogP contribution in [0, 0.1) is 5.41 Å². The van der Waals surface area contributed by atoms with Crippen LogP contribution >= 0.6 is 0 Å². The molecule has 0 radical (unpaired) electrons. The van der Waals surface area contributed by atoms with Gasteiger partial charge in [0.25, 0.3) is 0 Å². The molecule has 0 aliphatic rings. The standard InChI is InChI=1S/C15H29N3/c1-6-9-16-14(7-2)13-11-17-18(12-13)10-8-15(3,4)5/h11-12,14,16H,6-10H2,1-5H3. The summed E-state index contributed by atoms with van der Waals surface area (Å²) in [6.07, 6.45) is 7.66. The van der Waals surface area contributed by atoms with Crippen LogP contribution in [-0.4, -0.2) is 16.3 Å². The first-order valence-corrected chi connectivity index (χ1v) is 7.22. The molecule has 0 fully saturated rings. The summed E-state index contributed by atoms with van der Waals surface area (Å²) in [6, 6.07) is 0.452. The monoisotopic (exact) mass is 251 g/mol. The van der Waals surface area contributed by atoms with Gasteiger partial charge >= 0.3 is 0 Å². The number of hydrogen-bond donors (Lipinski definition) is 1. The fraction of sp³-hybridized carbons (Fsp3) is 0.800. The third kappa shape index (κ3) is 5.21. The van der Waals surface area contributed by atoms with Gasteiger partial charge in [0.1, 0.15) is 0 Å². The smallest absolute Gasteiger partial charge is 0.0537 e. The Balaban J connectivity index is 2.55. The van der Waals surface area contributed by atoms with Crippen LogP contribution in [0.5, 0.6) is 0 Å². The van der Waals surface area contributed by atoms with Crippen molar-refractivity contribution >= 4 is 0 Å². The number of aryl methyl sites for hydroxylation is 1. The molecule has 3 heteroatoms. The molecule has 1 unspecified atom stereocenters. The van der Waals surface area contributed by atoms with Crippen LogP contribution in [0.2, 0.25) is 0 Å². The fourth-order valence-corrected chi connectivity index (χ4v) is 1.95. The SMILES string of the molecule is CCCNC(CC)c1cnn(CCC(C)(C)C)c1. The number of nitrogens with zero attached hydrogens (tertiary/aromatic N) is 2. The summed E-state index contributed by atoms with van der Waals surface area (Å²) in [7, 11) is 0. The summed E-state index contributed by atoms with van der Waals surface area (Å²) >= 11 is 0. The van der Waals surface area contributed by atoms with Crippen LogP contribution in [-0.2, 0) is 6.54 Å². The maximum Gasteiger partial charge on any atom is 0.0537 e. The van der Waals surface area contributed by atoms with Gasteiger partial charge in [-0.2, -0.15) is 5.10 Å². The Bertz CT molecular complexity index is 336. The van der Waals surface area contributed by atoms with Crippen LogP contribution < -0.4 is 5.32 Å². The molecule has 1 N–H and O–H groups in total.